The van der Waals surface area contributed by atoms with E-state index in [0.29, 0.717) is 5.11 Å². The molecule has 0 spiro atoms. The van der Waals surface area contributed by atoms with Crippen LogP contribution in [0.5, 0.6) is 0 Å². The predicted molar refractivity (Wildman–Crippen MR) is 92.5 cm³/mol. The molecule has 1 heterocycles. The molecular weight excluding hydrogens is 278 g/mol. The SMILES string of the molecule is CC[C@H](NC(=S)Nc1ccncc1)c1ccc(C)cc1C. The third kappa shape index (κ3) is 4.26. The molecule has 0 fully saturated rings. The van der Waals surface area contributed by atoms with Gasteiger partial charge in [0.05, 0.1) is 6.04 Å². The fourth-order valence-corrected chi connectivity index (χ4v) is 2.64. The summed E-state index contributed by atoms with van der Waals surface area (Å²) < 4.78 is 0. The molecule has 0 unspecified atom stereocenters. The molecule has 0 aliphatic rings. The van der Waals surface area contributed by atoms with Crippen LogP contribution in [0.3, 0.4) is 0 Å². The Bertz CT molecular complexity index is 611. The van der Waals surface area contributed by atoms with Crippen molar-refractivity contribution in [2.24, 2.45) is 0 Å². The lowest BCUT2D eigenvalue weighted by Crippen LogP contribution is -2.32. The molecule has 0 saturated heterocycles. The van der Waals surface area contributed by atoms with Crippen LogP contribution in [-0.2, 0) is 0 Å². The minimum absolute atomic E-state index is 0.215. The molecule has 0 saturated carbocycles. The van der Waals surface area contributed by atoms with Gasteiger partial charge in [-0.1, -0.05) is 30.7 Å². The van der Waals surface area contributed by atoms with Gasteiger partial charge in [0, 0.05) is 18.1 Å². The number of anilines is 1. The van der Waals surface area contributed by atoms with Crippen molar-refractivity contribution in [2.45, 2.75) is 33.2 Å². The highest BCUT2D eigenvalue weighted by atomic mass is 32.1. The van der Waals surface area contributed by atoms with E-state index in [1.54, 1.807) is 12.4 Å². The molecule has 0 bridgehead atoms. The predicted octanol–water partition coefficient (Wildman–Crippen LogP) is 4.14. The summed E-state index contributed by atoms with van der Waals surface area (Å²) in [5.74, 6) is 0. The highest BCUT2D eigenvalue weighted by Gasteiger charge is 2.13. The van der Waals surface area contributed by atoms with Crippen LogP contribution < -0.4 is 10.6 Å². The normalized spacial score (nSPS) is 11.8. The lowest BCUT2D eigenvalue weighted by atomic mass is 9.98. The molecule has 3 nitrogen and oxygen atoms in total. The second-order valence-electron chi connectivity index (χ2n) is 5.16. The molecule has 1 aromatic carbocycles. The topological polar surface area (TPSA) is 37.0 Å². The number of nitrogens with zero attached hydrogens (tertiary/aromatic N) is 1. The van der Waals surface area contributed by atoms with Crippen molar-refractivity contribution in [3.05, 3.63) is 59.4 Å². The van der Waals surface area contributed by atoms with E-state index in [4.69, 9.17) is 12.2 Å². The summed E-state index contributed by atoms with van der Waals surface area (Å²) in [4.78, 5) is 3.99. The van der Waals surface area contributed by atoms with Crippen LogP contribution in [0.25, 0.3) is 0 Å². The van der Waals surface area contributed by atoms with Crippen molar-refractivity contribution in [1.82, 2.24) is 10.3 Å². The van der Waals surface area contributed by atoms with Gasteiger partial charge in [-0.2, -0.15) is 0 Å². The largest absolute Gasteiger partial charge is 0.356 e. The molecule has 2 aromatic rings. The third-order valence-corrected chi connectivity index (χ3v) is 3.67. The van der Waals surface area contributed by atoms with Gasteiger partial charge in [-0.05, 0) is 55.7 Å². The van der Waals surface area contributed by atoms with E-state index in [0.717, 1.165) is 12.1 Å². The maximum Gasteiger partial charge on any atom is 0.171 e. The van der Waals surface area contributed by atoms with E-state index in [1.807, 2.05) is 12.1 Å². The molecule has 1 aromatic heterocycles. The standard InChI is InChI=1S/C17H21N3S/c1-4-16(15-6-5-12(2)11-13(15)3)20-17(21)19-14-7-9-18-10-8-14/h5-11,16H,4H2,1-3H3,(H2,18,19,20,21)/t16-/m0/s1. The third-order valence-electron chi connectivity index (χ3n) is 3.45. The van der Waals surface area contributed by atoms with E-state index < -0.39 is 0 Å². The zero-order chi connectivity index (χ0) is 15.2. The zero-order valence-corrected chi connectivity index (χ0v) is 13.5. The second-order valence-corrected chi connectivity index (χ2v) is 5.56. The Morgan fingerprint density at radius 1 is 1.19 bits per heavy atom. The lowest BCUT2D eigenvalue weighted by Gasteiger charge is -2.22. The van der Waals surface area contributed by atoms with Gasteiger partial charge in [-0.25, -0.2) is 0 Å². The first-order valence-electron chi connectivity index (χ1n) is 7.15. The minimum Gasteiger partial charge on any atom is -0.356 e. The summed E-state index contributed by atoms with van der Waals surface area (Å²) in [7, 11) is 0. The number of benzene rings is 1. The fourth-order valence-electron chi connectivity index (χ4n) is 2.38. The highest BCUT2D eigenvalue weighted by Crippen LogP contribution is 2.21. The number of aryl methyl sites for hydroxylation is 2. The first kappa shape index (κ1) is 15.4. The number of aromatic nitrogens is 1. The van der Waals surface area contributed by atoms with Crippen LogP contribution in [0.1, 0.15) is 36.1 Å². The average Bonchev–Trinajstić information content (AvgIpc) is 2.46. The molecular formula is C17H21N3S. The van der Waals surface area contributed by atoms with Gasteiger partial charge in [-0.15, -0.1) is 0 Å². The summed E-state index contributed by atoms with van der Waals surface area (Å²) in [5, 5.41) is 7.21. The Morgan fingerprint density at radius 3 is 2.52 bits per heavy atom. The van der Waals surface area contributed by atoms with Gasteiger partial charge in [-0.3, -0.25) is 4.98 Å². The van der Waals surface area contributed by atoms with E-state index >= 15 is 0 Å². The Kier molecular flexibility index (Phi) is 5.28. The van der Waals surface area contributed by atoms with Gasteiger partial charge in [0.15, 0.2) is 5.11 Å². The van der Waals surface area contributed by atoms with Crippen LogP contribution in [0, 0.1) is 13.8 Å². The van der Waals surface area contributed by atoms with Crippen molar-refractivity contribution in [3.8, 4) is 0 Å². The molecule has 0 radical (unpaired) electrons. The summed E-state index contributed by atoms with van der Waals surface area (Å²) in [6.45, 7) is 6.42. The summed E-state index contributed by atoms with van der Waals surface area (Å²) in [6, 6.07) is 10.5. The number of thiocarbonyl (C=S) groups is 1. The number of nitrogens with one attached hydrogen (secondary N) is 2. The highest BCUT2D eigenvalue weighted by molar-refractivity contribution is 7.80. The Balaban J connectivity index is 2.06. The second kappa shape index (κ2) is 7.18. The molecule has 2 rings (SSSR count). The van der Waals surface area contributed by atoms with Gasteiger partial charge >= 0.3 is 0 Å². The van der Waals surface area contributed by atoms with Gasteiger partial charge in [0.2, 0.25) is 0 Å². The number of pyridine rings is 1. The van der Waals surface area contributed by atoms with E-state index in [9.17, 15) is 0 Å². The molecule has 21 heavy (non-hydrogen) atoms. The van der Waals surface area contributed by atoms with Gasteiger partial charge < -0.3 is 10.6 Å². The maximum atomic E-state index is 5.40. The van der Waals surface area contributed by atoms with Crippen LogP contribution in [0.2, 0.25) is 0 Å². The molecule has 0 aliphatic carbocycles. The summed E-state index contributed by atoms with van der Waals surface area (Å²) in [5.41, 5.74) is 4.81. The zero-order valence-electron chi connectivity index (χ0n) is 12.7. The smallest absolute Gasteiger partial charge is 0.171 e. The van der Waals surface area contributed by atoms with Crippen molar-refractivity contribution < 1.29 is 0 Å². The molecule has 0 amide bonds. The first-order chi connectivity index (χ1) is 10.1. The Morgan fingerprint density at radius 2 is 1.90 bits per heavy atom. The van der Waals surface area contributed by atoms with Crippen molar-refractivity contribution in [3.63, 3.8) is 0 Å². The molecule has 4 heteroatoms. The van der Waals surface area contributed by atoms with Crippen LogP contribution in [-0.4, -0.2) is 10.1 Å². The van der Waals surface area contributed by atoms with Crippen LogP contribution >= 0.6 is 12.2 Å². The summed E-state index contributed by atoms with van der Waals surface area (Å²) in [6.07, 6.45) is 4.46. The molecule has 1 atom stereocenters. The van der Waals surface area contributed by atoms with Crippen LogP contribution in [0.4, 0.5) is 5.69 Å². The Hall–Kier alpha value is -1.94. The van der Waals surface area contributed by atoms with E-state index in [1.165, 1.54) is 16.7 Å². The molecule has 0 aliphatic heterocycles. The number of hydrogen-bond acceptors (Lipinski definition) is 2. The molecule has 110 valence electrons. The Labute approximate surface area is 131 Å². The monoisotopic (exact) mass is 299 g/mol. The minimum atomic E-state index is 0.215. The quantitative estimate of drug-likeness (QED) is 0.832. The van der Waals surface area contributed by atoms with Gasteiger partial charge in [0.1, 0.15) is 0 Å². The van der Waals surface area contributed by atoms with Crippen LogP contribution in [0.15, 0.2) is 42.7 Å². The number of hydrogen-bond donors (Lipinski definition) is 2. The first-order valence-corrected chi connectivity index (χ1v) is 7.55. The van der Waals surface area contributed by atoms with Crippen molar-refractivity contribution in [2.75, 3.05) is 5.32 Å². The number of rotatable bonds is 4. The van der Waals surface area contributed by atoms with Crippen molar-refractivity contribution in [1.29, 1.82) is 0 Å². The average molecular weight is 299 g/mol. The summed E-state index contributed by atoms with van der Waals surface area (Å²) >= 11 is 5.40. The van der Waals surface area contributed by atoms with Gasteiger partial charge in [0.25, 0.3) is 0 Å². The van der Waals surface area contributed by atoms with E-state index in [-0.39, 0.29) is 6.04 Å². The maximum absolute atomic E-state index is 5.40. The lowest BCUT2D eigenvalue weighted by molar-refractivity contribution is 0.625. The van der Waals surface area contributed by atoms with E-state index in [2.05, 4.69) is 54.6 Å². The van der Waals surface area contributed by atoms with Crippen molar-refractivity contribution >= 4 is 23.0 Å². The fraction of sp³-hybridized carbons (Fsp3) is 0.294. The molecule has 2 N–H and O–H groups in total.